The van der Waals surface area contributed by atoms with E-state index < -0.39 is 5.41 Å². The Bertz CT molecular complexity index is 1470. The van der Waals surface area contributed by atoms with E-state index in [9.17, 15) is 19.2 Å². The predicted octanol–water partition coefficient (Wildman–Crippen LogP) is 7.09. The number of hydrogen-bond donors (Lipinski definition) is 5. The summed E-state index contributed by atoms with van der Waals surface area (Å²) in [6.07, 6.45) is 16.2. The Hall–Kier alpha value is 1.45. The van der Waals surface area contributed by atoms with Crippen molar-refractivity contribution in [2.45, 2.75) is 91.9 Å². The standard InChI is InChI=1S/C25H44O8S4.C17H36O4S4.C17H28O4.C4H8O.2Al.B.Li.HN.4H/c1-21(26)34-13-5-9-30-17-25(18-31-10-6-14-35-22(2)27,19-32-11-7-15-36-23(3)28)20-33-12-8-16-37-24(4)29;22-9-1-5-18-13-17(14-19-6-2-10-23,15-20-7-3-11-24)16-21-8-4-12-25;1-5-9-18-13-17(14-19-10-6-2,15-20-11-7-3)16-21-12-8-4;1-2-4-5-3-1;;;;;;;;;/h5-20H2,1-4H3;22-25H,1-16H2;5-8H,1-4,9-16H2;1-4H2;;;;;1H;;;;/q;;;;;;;+1;;;;;-1. The van der Waals surface area contributed by atoms with Gasteiger partial charge in [-0.15, -0.1) is 26.3 Å². The van der Waals surface area contributed by atoms with E-state index in [-0.39, 0.29) is 77.4 Å². The fourth-order valence-corrected chi connectivity index (χ4v) is 9.89. The van der Waals surface area contributed by atoms with Crippen molar-refractivity contribution in [3.05, 3.63) is 50.6 Å². The predicted molar refractivity (Wildman–Crippen MR) is 408 cm³/mol. The van der Waals surface area contributed by atoms with Gasteiger partial charge in [0.25, 0.3) is 0 Å². The van der Waals surface area contributed by atoms with Crippen molar-refractivity contribution in [2.75, 3.05) is 218 Å². The summed E-state index contributed by atoms with van der Waals surface area (Å²) >= 11 is 23.7. The third-order valence-electron chi connectivity index (χ3n) is 11.4. The summed E-state index contributed by atoms with van der Waals surface area (Å²) < 4.78 is 80.5. The van der Waals surface area contributed by atoms with Crippen molar-refractivity contribution in [3.8, 4) is 0 Å². The molecule has 538 valence electrons. The van der Waals surface area contributed by atoms with Gasteiger partial charge in [-0.2, -0.15) is 50.5 Å². The van der Waals surface area contributed by atoms with Gasteiger partial charge in [-0.25, -0.2) is 0 Å². The zero-order valence-corrected chi connectivity index (χ0v) is 64.8. The molecule has 0 spiro atoms. The first kappa shape index (κ1) is 108. The summed E-state index contributed by atoms with van der Waals surface area (Å²) in [5, 5.41) is 0.383. The van der Waals surface area contributed by atoms with Crippen LogP contribution in [0.25, 0.3) is 0 Å². The molecular weight excluding hydrogens is 1370 g/mol. The molecule has 30 heteroatoms. The number of nitrogens with one attached hydrogen (secondary N) is 1. The molecule has 0 aromatic heterocycles. The molecule has 0 amide bonds. The van der Waals surface area contributed by atoms with Gasteiger partial charge in [0.1, 0.15) is 0 Å². The van der Waals surface area contributed by atoms with Gasteiger partial charge in [0.2, 0.25) is 0 Å². The van der Waals surface area contributed by atoms with Gasteiger partial charge in [0.05, 0.1) is 122 Å². The van der Waals surface area contributed by atoms with Crippen LogP contribution >= 0.6 is 97.6 Å². The Morgan fingerprint density at radius 2 is 0.570 bits per heavy atom. The Kier molecular flexibility index (Phi) is 99.6. The van der Waals surface area contributed by atoms with Crippen LogP contribution in [0.3, 0.4) is 0 Å². The molecule has 1 N–H and O–H groups in total. The summed E-state index contributed by atoms with van der Waals surface area (Å²) in [4.78, 5) is 44.6. The van der Waals surface area contributed by atoms with E-state index in [0.717, 1.165) is 87.6 Å². The number of thioether (sulfide) groups is 4. The fraction of sp³-hybridized carbons (Fsp3) is 0.810. The summed E-state index contributed by atoms with van der Waals surface area (Å²) in [6, 6.07) is 0. The van der Waals surface area contributed by atoms with E-state index in [1.165, 1.54) is 59.9 Å². The van der Waals surface area contributed by atoms with E-state index in [2.05, 4.69) is 76.8 Å². The molecule has 1 fully saturated rings. The van der Waals surface area contributed by atoms with Gasteiger partial charge in [0.15, 0.2) is 37.8 Å². The van der Waals surface area contributed by atoms with Crippen molar-refractivity contribution < 1.29 is 101 Å². The first-order chi connectivity index (χ1) is 43.7. The average Bonchev–Trinajstić information content (AvgIpc) is 1.54. The van der Waals surface area contributed by atoms with Crippen molar-refractivity contribution >= 4 is 160 Å². The van der Waals surface area contributed by atoms with Crippen LogP contribution in [0, 0.1) is 20.6 Å². The van der Waals surface area contributed by atoms with E-state index >= 15 is 0 Å². The normalized spacial score (nSPS) is 11.6. The van der Waals surface area contributed by atoms with Gasteiger partial charge in [-0.3, -0.25) is 19.2 Å². The Balaban J connectivity index is -0.000000189. The first-order valence-electron chi connectivity index (χ1n) is 30.9. The summed E-state index contributed by atoms with van der Waals surface area (Å²) in [5.41, 5.74) is -1.19. The second-order valence-electron chi connectivity index (χ2n) is 20.5. The Morgan fingerprint density at radius 1 is 0.398 bits per heavy atom. The number of hydrogen-bond acceptors (Lipinski definition) is 26. The molecule has 0 saturated carbocycles. The van der Waals surface area contributed by atoms with Gasteiger partial charge >= 0.3 is 39.3 Å². The van der Waals surface area contributed by atoms with Gasteiger partial charge in [-0.05, 0) is 87.2 Å². The average molecular weight is 1490 g/mol. The molecule has 1 rings (SSSR count). The molecule has 0 aromatic rings. The van der Waals surface area contributed by atoms with Crippen LogP contribution in [-0.2, 0) is 80.8 Å². The second-order valence-corrected chi connectivity index (χ2v) is 27.4. The van der Waals surface area contributed by atoms with Gasteiger partial charge < -0.3 is 63.0 Å². The molecule has 1 aliphatic rings. The zero-order chi connectivity index (χ0) is 67.8. The third-order valence-corrected chi connectivity index (χ3v) is 16.3. The van der Waals surface area contributed by atoms with Crippen LogP contribution in [0.1, 0.15) is 93.3 Å². The van der Waals surface area contributed by atoms with Crippen LogP contribution in [0.4, 0.5) is 0 Å². The quantitative estimate of drug-likeness (QED) is 0.0178. The van der Waals surface area contributed by atoms with E-state index in [1.54, 1.807) is 68.1 Å². The van der Waals surface area contributed by atoms with E-state index in [1.807, 2.05) is 0 Å². The molecule has 1 heterocycles. The van der Waals surface area contributed by atoms with Gasteiger partial charge in [-0.1, -0.05) is 71.4 Å². The number of rotatable bonds is 60. The van der Waals surface area contributed by atoms with Crippen LogP contribution in [0.15, 0.2) is 50.6 Å². The van der Waals surface area contributed by atoms with Gasteiger partial charge in [0, 0.05) is 125 Å². The van der Waals surface area contributed by atoms with Crippen LogP contribution < -0.4 is 18.9 Å². The maximum absolute atomic E-state index is 11.1. The maximum atomic E-state index is 11.1. The molecule has 18 nitrogen and oxygen atoms in total. The van der Waals surface area contributed by atoms with E-state index in [4.69, 9.17) is 65.9 Å². The number of ether oxygens (including phenoxy) is 13. The number of thiol groups is 4. The fourth-order valence-electron chi connectivity index (χ4n) is 7.18. The summed E-state index contributed by atoms with van der Waals surface area (Å²) in [6.45, 7) is 35.2. The van der Waals surface area contributed by atoms with Crippen molar-refractivity contribution in [1.29, 1.82) is 4.35 Å². The Morgan fingerprint density at radius 3 is 0.710 bits per heavy atom. The van der Waals surface area contributed by atoms with Crippen LogP contribution in [0.5, 0.6) is 0 Å². The molecule has 1 saturated heterocycles. The number of carbonyl (C=O) groups is 4. The SMILES string of the molecule is C1CCOC1.C=CCOCC(COCC=C)(COCC=C)COCC=C.CC(=O)SCCCOCC(COCCCSC(C)=O)(COCCCSC(C)=O)COCCCSC(C)=O.SCCCOCC(COCCCS)(COCCCS)COCCCS.[AlH3].[B].[H-].[Li+].[NH]=[Al]. The molecule has 1 aliphatic heterocycles. The van der Waals surface area contributed by atoms with Crippen molar-refractivity contribution in [2.24, 2.45) is 16.2 Å². The summed E-state index contributed by atoms with van der Waals surface area (Å²) in [7, 11) is 0. The molecule has 0 aliphatic carbocycles. The third kappa shape index (κ3) is 80.6. The van der Waals surface area contributed by atoms with Crippen LogP contribution in [0.2, 0.25) is 0 Å². The second kappa shape index (κ2) is 85.9. The van der Waals surface area contributed by atoms with Crippen molar-refractivity contribution in [3.63, 3.8) is 0 Å². The molecular formula is C63H121Al2BLiNO17S8. The summed E-state index contributed by atoms with van der Waals surface area (Å²) in [5.74, 6) is 6.13. The van der Waals surface area contributed by atoms with E-state index in [0.29, 0.717) is 182 Å². The molecule has 0 unspecified atom stereocenters. The molecule has 0 aromatic carbocycles. The zero-order valence-electron chi connectivity index (χ0n) is 57.8. The minimum absolute atomic E-state index is 0. The first-order valence-corrected chi connectivity index (χ1v) is 37.9. The molecule has 93 heavy (non-hydrogen) atoms. The Labute approximate surface area is 636 Å². The number of carbonyl (C=O) groups excluding carboxylic acids is 4. The molecule has 0 bridgehead atoms. The topological polar surface area (TPSA) is 212 Å². The van der Waals surface area contributed by atoms with Crippen molar-refractivity contribution in [1.82, 2.24) is 0 Å². The monoisotopic (exact) mass is 1490 g/mol. The minimum atomic E-state index is -0.525. The van der Waals surface area contributed by atoms with Crippen LogP contribution in [-0.4, -0.2) is 280 Å². The molecule has 0 atom stereocenters. The molecule has 4 radical (unpaired) electrons.